The summed E-state index contributed by atoms with van der Waals surface area (Å²) < 4.78 is 37.5. The third-order valence-corrected chi connectivity index (χ3v) is 4.93. The molecule has 0 aromatic heterocycles. The molecule has 0 saturated heterocycles. The molecule has 2 aromatic rings. The van der Waals surface area contributed by atoms with Gasteiger partial charge in [-0.15, -0.1) is 0 Å². The van der Waals surface area contributed by atoms with Crippen LogP contribution in [0, 0.1) is 0 Å². The normalized spacial score (nSPS) is 11.1. The number of hydrogen-bond donors (Lipinski definition) is 1. The topological polar surface area (TPSA) is 64.6 Å². The van der Waals surface area contributed by atoms with Crippen molar-refractivity contribution in [3.05, 3.63) is 52.0 Å². The summed E-state index contributed by atoms with van der Waals surface area (Å²) in [6.45, 7) is 0. The van der Waals surface area contributed by atoms with Gasteiger partial charge in [-0.25, -0.2) is 8.42 Å². The second kappa shape index (κ2) is 7.29. The lowest BCUT2D eigenvalue weighted by Gasteiger charge is -2.14. The summed E-state index contributed by atoms with van der Waals surface area (Å²) in [5.41, 5.74) is 0.738. The predicted molar refractivity (Wildman–Crippen MR) is 92.3 cm³/mol. The molecule has 0 saturated carbocycles. The molecule has 0 heterocycles. The van der Waals surface area contributed by atoms with Crippen LogP contribution in [-0.2, 0) is 15.8 Å². The highest BCUT2D eigenvalue weighted by atomic mass is 35.5. The fraction of sp³-hybridized carbons (Fsp3) is 0.200. The van der Waals surface area contributed by atoms with Crippen molar-refractivity contribution in [3.63, 3.8) is 0 Å². The number of halogens is 2. The van der Waals surface area contributed by atoms with Gasteiger partial charge in [0.2, 0.25) is 10.0 Å². The molecule has 1 N–H and O–H groups in total. The number of nitrogens with one attached hydrogen (secondary N) is 1. The van der Waals surface area contributed by atoms with Crippen molar-refractivity contribution < 1.29 is 17.9 Å². The number of hydrogen-bond acceptors (Lipinski definition) is 4. The second-order valence-corrected chi connectivity index (χ2v) is 7.18. The molecule has 0 atom stereocenters. The molecule has 0 aliphatic heterocycles. The van der Waals surface area contributed by atoms with E-state index in [-0.39, 0.29) is 11.4 Å². The number of methoxy groups -OCH3 is 2. The minimum atomic E-state index is -3.69. The Morgan fingerprint density at radius 2 is 1.65 bits per heavy atom. The highest BCUT2D eigenvalue weighted by molar-refractivity contribution is 7.91. The monoisotopic (exact) mass is 375 g/mol. The number of ether oxygens (including phenoxy) is 2. The number of rotatable bonds is 6. The molecule has 5 nitrogen and oxygen atoms in total. The maximum atomic E-state index is 12.4. The molecular formula is C15H15Cl2NO4S. The van der Waals surface area contributed by atoms with E-state index in [0.717, 1.165) is 0 Å². The van der Waals surface area contributed by atoms with Gasteiger partial charge >= 0.3 is 0 Å². The molecule has 124 valence electrons. The summed E-state index contributed by atoms with van der Waals surface area (Å²) in [7, 11) is -0.833. The zero-order chi connectivity index (χ0) is 17.0. The van der Waals surface area contributed by atoms with E-state index in [1.165, 1.54) is 26.4 Å². The Hall–Kier alpha value is -1.63. The van der Waals surface area contributed by atoms with E-state index in [0.29, 0.717) is 27.1 Å². The van der Waals surface area contributed by atoms with E-state index in [1.807, 2.05) is 0 Å². The molecule has 0 unspecified atom stereocenters. The SMILES string of the molecule is COc1cc(NS(=O)(=O)Cc2ccccc2Cl)c(OC)cc1Cl. The Balaban J connectivity index is 2.32. The van der Waals surface area contributed by atoms with Gasteiger partial charge in [-0.3, -0.25) is 4.72 Å². The van der Waals surface area contributed by atoms with Crippen LogP contribution in [0.4, 0.5) is 5.69 Å². The lowest BCUT2D eigenvalue weighted by atomic mass is 10.2. The summed E-state index contributed by atoms with van der Waals surface area (Å²) in [5, 5.41) is 0.705. The van der Waals surface area contributed by atoms with Crippen LogP contribution in [0.15, 0.2) is 36.4 Å². The largest absolute Gasteiger partial charge is 0.495 e. The van der Waals surface area contributed by atoms with Crippen LogP contribution in [-0.4, -0.2) is 22.6 Å². The van der Waals surface area contributed by atoms with Gasteiger partial charge in [0.05, 0.1) is 30.7 Å². The minimum absolute atomic E-state index is 0.237. The Kier molecular flexibility index (Phi) is 5.62. The predicted octanol–water partition coefficient (Wildman–Crippen LogP) is 3.95. The fourth-order valence-electron chi connectivity index (χ4n) is 1.96. The van der Waals surface area contributed by atoms with E-state index < -0.39 is 10.0 Å². The van der Waals surface area contributed by atoms with Gasteiger partial charge in [0.15, 0.2) is 0 Å². The third kappa shape index (κ3) is 4.43. The van der Waals surface area contributed by atoms with Crippen LogP contribution in [0.5, 0.6) is 11.5 Å². The van der Waals surface area contributed by atoms with E-state index in [9.17, 15) is 8.42 Å². The minimum Gasteiger partial charge on any atom is -0.495 e. The molecule has 2 rings (SSSR count). The van der Waals surface area contributed by atoms with Gasteiger partial charge in [-0.05, 0) is 11.6 Å². The van der Waals surface area contributed by atoms with Crippen LogP contribution < -0.4 is 14.2 Å². The summed E-state index contributed by atoms with van der Waals surface area (Å²) in [5.74, 6) is 0.363. The lowest BCUT2D eigenvalue weighted by molar-refractivity contribution is 0.405. The lowest BCUT2D eigenvalue weighted by Crippen LogP contribution is -2.16. The van der Waals surface area contributed by atoms with E-state index in [2.05, 4.69) is 4.72 Å². The summed E-state index contributed by atoms with van der Waals surface area (Å²) >= 11 is 12.0. The molecule has 0 fully saturated rings. The second-order valence-electron chi connectivity index (χ2n) is 4.64. The Bertz CT molecular complexity index is 809. The van der Waals surface area contributed by atoms with Crippen LogP contribution in [0.25, 0.3) is 0 Å². The number of anilines is 1. The first-order chi connectivity index (χ1) is 10.9. The Morgan fingerprint density at radius 3 is 2.26 bits per heavy atom. The van der Waals surface area contributed by atoms with Crippen molar-refractivity contribution >= 4 is 38.9 Å². The van der Waals surface area contributed by atoms with Gasteiger partial charge in [0.25, 0.3) is 0 Å². The first-order valence-electron chi connectivity index (χ1n) is 6.51. The van der Waals surface area contributed by atoms with Crippen molar-refractivity contribution in [2.75, 3.05) is 18.9 Å². The maximum Gasteiger partial charge on any atom is 0.237 e. The first-order valence-corrected chi connectivity index (χ1v) is 8.92. The van der Waals surface area contributed by atoms with Crippen LogP contribution >= 0.6 is 23.2 Å². The molecule has 0 aliphatic rings. The standard InChI is InChI=1S/C15H15Cl2NO4S/c1-21-14-8-13(15(22-2)7-12(14)17)18-23(19,20)9-10-5-3-4-6-11(10)16/h3-8,18H,9H2,1-2H3. The zero-order valence-corrected chi connectivity index (χ0v) is 14.8. The molecule has 23 heavy (non-hydrogen) atoms. The van der Waals surface area contributed by atoms with Crippen molar-refractivity contribution in [2.45, 2.75) is 5.75 Å². The quantitative estimate of drug-likeness (QED) is 0.829. The molecule has 0 radical (unpaired) electrons. The fourth-order valence-corrected chi connectivity index (χ4v) is 3.70. The van der Waals surface area contributed by atoms with E-state index >= 15 is 0 Å². The van der Waals surface area contributed by atoms with E-state index in [4.69, 9.17) is 32.7 Å². The zero-order valence-electron chi connectivity index (χ0n) is 12.5. The average Bonchev–Trinajstić information content (AvgIpc) is 2.50. The maximum absolute atomic E-state index is 12.4. The summed E-state index contributed by atoms with van der Waals surface area (Å²) in [4.78, 5) is 0. The molecule has 0 spiro atoms. The van der Waals surface area contributed by atoms with Crippen LogP contribution in [0.2, 0.25) is 10.0 Å². The van der Waals surface area contributed by atoms with Gasteiger partial charge < -0.3 is 9.47 Å². The third-order valence-electron chi connectivity index (χ3n) is 3.04. The molecule has 8 heteroatoms. The van der Waals surface area contributed by atoms with Crippen LogP contribution in [0.1, 0.15) is 5.56 Å². The Morgan fingerprint density at radius 1 is 1.00 bits per heavy atom. The molecule has 0 amide bonds. The molecule has 2 aromatic carbocycles. The van der Waals surface area contributed by atoms with E-state index in [1.54, 1.807) is 24.3 Å². The molecule has 0 bridgehead atoms. The van der Waals surface area contributed by atoms with Gasteiger partial charge in [-0.2, -0.15) is 0 Å². The van der Waals surface area contributed by atoms with Gasteiger partial charge in [0.1, 0.15) is 11.5 Å². The highest BCUT2D eigenvalue weighted by Gasteiger charge is 2.18. The molecular weight excluding hydrogens is 361 g/mol. The number of sulfonamides is 1. The van der Waals surface area contributed by atoms with Gasteiger partial charge in [0, 0.05) is 17.2 Å². The van der Waals surface area contributed by atoms with Crippen molar-refractivity contribution in [1.82, 2.24) is 0 Å². The highest BCUT2D eigenvalue weighted by Crippen LogP contribution is 2.36. The van der Waals surface area contributed by atoms with Gasteiger partial charge in [-0.1, -0.05) is 41.4 Å². The summed E-state index contributed by atoms with van der Waals surface area (Å²) in [6, 6.07) is 9.69. The average molecular weight is 376 g/mol. The van der Waals surface area contributed by atoms with Crippen molar-refractivity contribution in [3.8, 4) is 11.5 Å². The number of benzene rings is 2. The van der Waals surface area contributed by atoms with Crippen LogP contribution in [0.3, 0.4) is 0 Å². The van der Waals surface area contributed by atoms with Crippen molar-refractivity contribution in [2.24, 2.45) is 0 Å². The van der Waals surface area contributed by atoms with Crippen molar-refractivity contribution in [1.29, 1.82) is 0 Å². The Labute approximate surface area is 145 Å². The smallest absolute Gasteiger partial charge is 0.237 e. The summed E-state index contributed by atoms with van der Waals surface area (Å²) in [6.07, 6.45) is 0. The first kappa shape index (κ1) is 17.7. The molecule has 0 aliphatic carbocycles.